The summed E-state index contributed by atoms with van der Waals surface area (Å²) < 4.78 is 9.33. The van der Waals surface area contributed by atoms with Crippen molar-refractivity contribution in [3.63, 3.8) is 0 Å². The van der Waals surface area contributed by atoms with Crippen molar-refractivity contribution in [2.75, 3.05) is 0 Å². The van der Waals surface area contributed by atoms with Crippen LogP contribution in [0.1, 0.15) is 20.7 Å². The van der Waals surface area contributed by atoms with Crippen molar-refractivity contribution in [2.45, 2.75) is 0 Å². The summed E-state index contributed by atoms with van der Waals surface area (Å²) in [6.45, 7) is 0. The van der Waals surface area contributed by atoms with Crippen molar-refractivity contribution >= 4 is 20.5 Å². The van der Waals surface area contributed by atoms with Gasteiger partial charge in [0.05, 0.1) is 11.1 Å². The lowest BCUT2D eigenvalue weighted by Gasteiger charge is -2.09. The fourth-order valence-corrected chi connectivity index (χ4v) is 1.95. The second-order valence-corrected chi connectivity index (χ2v) is 4.57. The molecule has 0 atom stereocenters. The molecule has 2 rings (SSSR count). The average Bonchev–Trinajstić information content (AvgIpc) is 2.49. The lowest BCUT2D eigenvalue weighted by atomic mass is 10.2. The minimum absolute atomic E-state index is 0.268. The highest BCUT2D eigenvalue weighted by Gasteiger charge is 2.20. The molecule has 0 aromatic heterocycles. The van der Waals surface area contributed by atoms with E-state index in [1.807, 2.05) is 0 Å². The van der Waals surface area contributed by atoms with Gasteiger partial charge in [0, 0.05) is 0 Å². The van der Waals surface area contributed by atoms with Gasteiger partial charge in [0.15, 0.2) is 0 Å². The van der Waals surface area contributed by atoms with E-state index in [-0.39, 0.29) is 11.1 Å². The molecule has 0 aliphatic carbocycles. The Hall–Kier alpha value is -2.23. The molecule has 0 fully saturated rings. The molecule has 0 saturated carbocycles. The van der Waals surface area contributed by atoms with Gasteiger partial charge in [-0.05, 0) is 24.3 Å². The molecule has 0 aliphatic rings. The Balaban J connectivity index is 1.91. The minimum Gasteiger partial charge on any atom is -0.381 e. The smallest absolute Gasteiger partial charge is 0.381 e. The largest absolute Gasteiger partial charge is 0.465 e. The van der Waals surface area contributed by atoms with Gasteiger partial charge in [0.2, 0.25) is 0 Å². The third-order valence-corrected chi connectivity index (χ3v) is 2.99. The first-order chi connectivity index (χ1) is 9.66. The summed E-state index contributed by atoms with van der Waals surface area (Å²) in [5, 5.41) is 0. The molecule has 1 N–H and O–H groups in total. The van der Waals surface area contributed by atoms with Crippen molar-refractivity contribution < 1.29 is 23.5 Å². The van der Waals surface area contributed by atoms with Gasteiger partial charge in [0.1, 0.15) is 0 Å². The summed E-state index contributed by atoms with van der Waals surface area (Å²) in [6.07, 6.45) is 0. The third-order valence-electron chi connectivity index (χ3n) is 2.34. The molecule has 2 aromatic carbocycles. The molecule has 6 heteroatoms. The van der Waals surface area contributed by atoms with Crippen LogP contribution in [-0.2, 0) is 9.05 Å². The number of carbonyl (C=O) groups excluding carboxylic acids is 2. The van der Waals surface area contributed by atoms with Gasteiger partial charge in [-0.25, -0.2) is 9.59 Å². The Morgan fingerprint density at radius 3 is 1.45 bits per heavy atom. The first-order valence-electron chi connectivity index (χ1n) is 5.70. The first kappa shape index (κ1) is 14.2. The van der Waals surface area contributed by atoms with Crippen LogP contribution in [0.4, 0.5) is 0 Å². The monoisotopic (exact) mass is 290 g/mol. The average molecular weight is 290 g/mol. The minimum atomic E-state index is -2.61. The molecule has 0 aliphatic heterocycles. The lowest BCUT2D eigenvalue weighted by molar-refractivity contribution is 0.0626. The van der Waals surface area contributed by atoms with Gasteiger partial charge in [-0.3, -0.25) is 0 Å². The maximum atomic E-state index is 11.6. The van der Waals surface area contributed by atoms with E-state index in [9.17, 15) is 14.5 Å². The van der Waals surface area contributed by atoms with E-state index in [4.69, 9.17) is 0 Å². The van der Waals surface area contributed by atoms with Crippen molar-refractivity contribution in [3.05, 3.63) is 71.8 Å². The summed E-state index contributed by atoms with van der Waals surface area (Å²) in [4.78, 5) is 32.7. The Labute approximate surface area is 116 Å². The number of rotatable bonds is 4. The van der Waals surface area contributed by atoms with Crippen LogP contribution in [-0.4, -0.2) is 16.8 Å². The molecule has 0 amide bonds. The number of hydrogen-bond donors (Lipinski definition) is 1. The molecule has 20 heavy (non-hydrogen) atoms. The highest BCUT2D eigenvalue weighted by Crippen LogP contribution is 2.35. The van der Waals surface area contributed by atoms with E-state index in [2.05, 4.69) is 9.05 Å². The highest BCUT2D eigenvalue weighted by atomic mass is 31.2. The molecule has 2 aromatic rings. The Bertz CT molecular complexity index is 532. The summed E-state index contributed by atoms with van der Waals surface area (Å²) in [6, 6.07) is 16.3. The molecule has 0 radical (unpaired) electrons. The Morgan fingerprint density at radius 1 is 0.750 bits per heavy atom. The van der Waals surface area contributed by atoms with Crippen LogP contribution in [0.15, 0.2) is 60.7 Å². The normalized spacial score (nSPS) is 10.1. The molecule has 0 unspecified atom stereocenters. The van der Waals surface area contributed by atoms with Crippen LogP contribution in [0, 0.1) is 0 Å². The van der Waals surface area contributed by atoms with Crippen molar-refractivity contribution in [3.8, 4) is 0 Å². The molecular weight excluding hydrogens is 279 g/mol. The van der Waals surface area contributed by atoms with Crippen molar-refractivity contribution in [1.82, 2.24) is 0 Å². The Morgan fingerprint density at radius 2 is 1.10 bits per heavy atom. The SMILES string of the molecule is O=C(OP(O)OC(=O)c1ccccc1)c1ccccc1. The number of carbonyl (C=O) groups is 2. The zero-order valence-corrected chi connectivity index (χ0v) is 11.2. The lowest BCUT2D eigenvalue weighted by Crippen LogP contribution is -2.06. The van der Waals surface area contributed by atoms with E-state index in [0.717, 1.165) is 0 Å². The fraction of sp³-hybridized carbons (Fsp3) is 0. The molecule has 5 nitrogen and oxygen atoms in total. The summed E-state index contributed by atoms with van der Waals surface area (Å²) in [7, 11) is -2.61. The molecule has 0 spiro atoms. The zero-order chi connectivity index (χ0) is 14.4. The fourth-order valence-electron chi connectivity index (χ4n) is 1.41. The van der Waals surface area contributed by atoms with Crippen LogP contribution in [0.3, 0.4) is 0 Å². The van der Waals surface area contributed by atoms with Gasteiger partial charge in [-0.1, -0.05) is 36.4 Å². The van der Waals surface area contributed by atoms with E-state index >= 15 is 0 Å². The van der Waals surface area contributed by atoms with E-state index < -0.39 is 20.5 Å². The molecule has 0 bridgehead atoms. The molecule has 0 heterocycles. The third kappa shape index (κ3) is 3.88. The first-order valence-corrected chi connectivity index (χ1v) is 6.83. The van der Waals surface area contributed by atoms with Crippen molar-refractivity contribution in [1.29, 1.82) is 0 Å². The Kier molecular flexibility index (Phi) is 4.82. The molecular formula is C14H11O5P. The van der Waals surface area contributed by atoms with Gasteiger partial charge < -0.3 is 13.9 Å². The second kappa shape index (κ2) is 6.80. The number of hydrogen-bond acceptors (Lipinski definition) is 5. The van der Waals surface area contributed by atoms with Crippen molar-refractivity contribution in [2.24, 2.45) is 0 Å². The number of benzene rings is 2. The van der Waals surface area contributed by atoms with Crippen LogP contribution >= 0.6 is 8.60 Å². The quantitative estimate of drug-likeness (QED) is 0.876. The van der Waals surface area contributed by atoms with E-state index in [1.165, 1.54) is 24.3 Å². The van der Waals surface area contributed by atoms with Gasteiger partial charge in [0.25, 0.3) is 0 Å². The summed E-state index contributed by atoms with van der Waals surface area (Å²) in [5.41, 5.74) is 0.537. The topological polar surface area (TPSA) is 72.8 Å². The zero-order valence-electron chi connectivity index (χ0n) is 10.3. The standard InChI is InChI=1S/C14H11O5P/c15-13(11-7-3-1-4-8-11)18-20(17)19-14(16)12-9-5-2-6-10-12/h1-10,17H. The highest BCUT2D eigenvalue weighted by molar-refractivity contribution is 7.41. The summed E-state index contributed by atoms with van der Waals surface area (Å²) in [5.74, 6) is -1.50. The molecule has 0 saturated heterocycles. The van der Waals surface area contributed by atoms with Crippen LogP contribution in [0.2, 0.25) is 0 Å². The van der Waals surface area contributed by atoms with E-state index in [0.29, 0.717) is 0 Å². The van der Waals surface area contributed by atoms with Gasteiger partial charge in [-0.15, -0.1) is 0 Å². The van der Waals surface area contributed by atoms with Crippen LogP contribution in [0.5, 0.6) is 0 Å². The van der Waals surface area contributed by atoms with Crippen LogP contribution in [0.25, 0.3) is 0 Å². The maximum Gasteiger partial charge on any atom is 0.465 e. The predicted molar refractivity (Wildman–Crippen MR) is 72.9 cm³/mol. The van der Waals surface area contributed by atoms with E-state index in [1.54, 1.807) is 36.4 Å². The second-order valence-electron chi connectivity index (χ2n) is 3.73. The van der Waals surface area contributed by atoms with Gasteiger partial charge in [-0.2, -0.15) is 0 Å². The summed E-state index contributed by atoms with van der Waals surface area (Å²) >= 11 is 0. The maximum absolute atomic E-state index is 11.6. The van der Waals surface area contributed by atoms with Gasteiger partial charge >= 0.3 is 20.5 Å². The predicted octanol–water partition coefficient (Wildman–Crippen LogP) is 2.92. The van der Waals surface area contributed by atoms with Crippen LogP contribution < -0.4 is 0 Å². The molecule has 102 valence electrons.